The van der Waals surface area contributed by atoms with E-state index < -0.39 is 0 Å². The van der Waals surface area contributed by atoms with Gasteiger partial charge in [-0.15, -0.1) is 0 Å². The number of carbonyl (C=O) groups excluding carboxylic acids is 1. The van der Waals surface area contributed by atoms with Crippen LogP contribution >= 0.6 is 0 Å². The van der Waals surface area contributed by atoms with Crippen molar-refractivity contribution in [3.63, 3.8) is 0 Å². The molecule has 3 nitrogen and oxygen atoms in total. The molecule has 0 heterocycles. The summed E-state index contributed by atoms with van der Waals surface area (Å²) >= 11 is 0. The van der Waals surface area contributed by atoms with Crippen molar-refractivity contribution in [3.05, 3.63) is 29.8 Å². The molecule has 1 unspecified atom stereocenters. The van der Waals surface area contributed by atoms with E-state index in [9.17, 15) is 4.79 Å². The molecule has 0 spiro atoms. The van der Waals surface area contributed by atoms with Crippen LogP contribution in [0.1, 0.15) is 5.56 Å². The van der Waals surface area contributed by atoms with Crippen molar-refractivity contribution >= 4 is 6.29 Å². The van der Waals surface area contributed by atoms with E-state index in [1.807, 2.05) is 24.3 Å². The zero-order chi connectivity index (χ0) is 10.4. The molecule has 0 saturated heterocycles. The van der Waals surface area contributed by atoms with Gasteiger partial charge in [-0.2, -0.15) is 0 Å². The van der Waals surface area contributed by atoms with Gasteiger partial charge in [-0.05, 0) is 31.2 Å². The van der Waals surface area contributed by atoms with Gasteiger partial charge in [0.15, 0.2) is 0 Å². The lowest BCUT2D eigenvalue weighted by Crippen LogP contribution is -2.28. The molecule has 3 heteroatoms. The normalized spacial score (nSPS) is 12.1. The Morgan fingerprint density at radius 3 is 2.50 bits per heavy atom. The summed E-state index contributed by atoms with van der Waals surface area (Å²) in [5.74, 6) is 0.834. The van der Waals surface area contributed by atoms with Crippen molar-refractivity contribution in [2.45, 2.75) is 12.5 Å². The van der Waals surface area contributed by atoms with Crippen LogP contribution in [0.5, 0.6) is 5.75 Å². The Bertz CT molecular complexity index is 282. The molecule has 0 amide bonds. The monoisotopic (exact) mass is 193 g/mol. The fourth-order valence-electron chi connectivity index (χ4n) is 1.23. The Morgan fingerprint density at radius 1 is 1.43 bits per heavy atom. The van der Waals surface area contributed by atoms with E-state index in [1.165, 1.54) is 0 Å². The van der Waals surface area contributed by atoms with Crippen molar-refractivity contribution in [2.24, 2.45) is 0 Å². The molecule has 14 heavy (non-hydrogen) atoms. The molecule has 0 radical (unpaired) electrons. The second kappa shape index (κ2) is 5.40. The molecule has 0 aliphatic carbocycles. The van der Waals surface area contributed by atoms with Crippen LogP contribution in [0, 0.1) is 0 Å². The van der Waals surface area contributed by atoms with Crippen molar-refractivity contribution in [1.82, 2.24) is 5.32 Å². The number of carbonyl (C=O) groups is 1. The fourth-order valence-corrected chi connectivity index (χ4v) is 1.23. The third kappa shape index (κ3) is 2.85. The van der Waals surface area contributed by atoms with Crippen LogP contribution in [0.2, 0.25) is 0 Å². The summed E-state index contributed by atoms with van der Waals surface area (Å²) in [5, 5.41) is 2.93. The van der Waals surface area contributed by atoms with Gasteiger partial charge >= 0.3 is 0 Å². The van der Waals surface area contributed by atoms with E-state index in [1.54, 1.807) is 14.2 Å². The Labute approximate surface area is 84.1 Å². The second-order valence-corrected chi connectivity index (χ2v) is 3.08. The lowest BCUT2D eigenvalue weighted by molar-refractivity contribution is -0.109. The van der Waals surface area contributed by atoms with Crippen molar-refractivity contribution in [1.29, 1.82) is 0 Å². The number of hydrogen-bond donors (Lipinski definition) is 1. The van der Waals surface area contributed by atoms with Crippen LogP contribution in [0.25, 0.3) is 0 Å². The summed E-state index contributed by atoms with van der Waals surface area (Å²) in [4.78, 5) is 10.6. The maximum atomic E-state index is 10.6. The molecule has 0 bridgehead atoms. The molecule has 0 fully saturated rings. The maximum Gasteiger partial charge on any atom is 0.137 e. The molecular weight excluding hydrogens is 178 g/mol. The molecule has 0 aromatic heterocycles. The van der Waals surface area contributed by atoms with Crippen molar-refractivity contribution in [3.8, 4) is 5.75 Å². The molecule has 0 aliphatic rings. The van der Waals surface area contributed by atoms with Crippen LogP contribution in [0.3, 0.4) is 0 Å². The number of methoxy groups -OCH3 is 1. The average molecular weight is 193 g/mol. The molecule has 1 aromatic carbocycles. The van der Waals surface area contributed by atoms with E-state index in [4.69, 9.17) is 4.74 Å². The lowest BCUT2D eigenvalue weighted by atomic mass is 10.1. The number of aldehydes is 1. The second-order valence-electron chi connectivity index (χ2n) is 3.08. The van der Waals surface area contributed by atoms with Crippen molar-refractivity contribution < 1.29 is 9.53 Å². The van der Waals surface area contributed by atoms with Crippen LogP contribution in [-0.4, -0.2) is 26.5 Å². The smallest absolute Gasteiger partial charge is 0.137 e. The van der Waals surface area contributed by atoms with E-state index in [0.29, 0.717) is 6.42 Å². The SMILES string of the molecule is CNC(C=O)Cc1ccc(OC)cc1. The van der Waals surface area contributed by atoms with Crippen LogP contribution in [0.15, 0.2) is 24.3 Å². The Kier molecular flexibility index (Phi) is 4.13. The third-order valence-electron chi connectivity index (χ3n) is 2.15. The summed E-state index contributed by atoms with van der Waals surface area (Å²) in [5.41, 5.74) is 1.12. The standard InChI is InChI=1S/C11H15NO2/c1-12-10(8-13)7-9-3-5-11(14-2)6-4-9/h3-6,8,10,12H,7H2,1-2H3. The highest BCUT2D eigenvalue weighted by molar-refractivity contribution is 5.58. The molecule has 1 atom stereocenters. The van der Waals surface area contributed by atoms with Gasteiger partial charge in [0, 0.05) is 0 Å². The molecule has 1 rings (SSSR count). The van der Waals surface area contributed by atoms with Crippen LogP contribution in [-0.2, 0) is 11.2 Å². The fraction of sp³-hybridized carbons (Fsp3) is 0.364. The van der Waals surface area contributed by atoms with E-state index >= 15 is 0 Å². The number of ether oxygens (including phenoxy) is 1. The molecule has 1 aromatic rings. The average Bonchev–Trinajstić information content (AvgIpc) is 2.26. The first-order valence-electron chi connectivity index (χ1n) is 4.55. The van der Waals surface area contributed by atoms with Gasteiger partial charge in [0.25, 0.3) is 0 Å². The Morgan fingerprint density at radius 2 is 2.07 bits per heavy atom. The van der Waals surface area contributed by atoms with E-state index in [2.05, 4.69) is 5.32 Å². The van der Waals surface area contributed by atoms with Crippen LogP contribution in [0.4, 0.5) is 0 Å². The topological polar surface area (TPSA) is 38.3 Å². The van der Waals surface area contributed by atoms with E-state index in [-0.39, 0.29) is 6.04 Å². The number of nitrogens with one attached hydrogen (secondary N) is 1. The molecule has 0 saturated carbocycles. The minimum Gasteiger partial charge on any atom is -0.497 e. The maximum absolute atomic E-state index is 10.6. The number of benzene rings is 1. The van der Waals surface area contributed by atoms with Gasteiger partial charge in [-0.1, -0.05) is 12.1 Å². The molecule has 76 valence electrons. The largest absolute Gasteiger partial charge is 0.497 e. The minimum absolute atomic E-state index is 0.108. The summed E-state index contributed by atoms with van der Waals surface area (Å²) in [6, 6.07) is 7.61. The quantitative estimate of drug-likeness (QED) is 0.710. The summed E-state index contributed by atoms with van der Waals surface area (Å²) in [6.07, 6.45) is 1.63. The van der Waals surface area contributed by atoms with Gasteiger partial charge in [-0.3, -0.25) is 0 Å². The van der Waals surface area contributed by atoms with Gasteiger partial charge in [0.2, 0.25) is 0 Å². The molecular formula is C11H15NO2. The third-order valence-corrected chi connectivity index (χ3v) is 2.15. The van der Waals surface area contributed by atoms with Gasteiger partial charge < -0.3 is 14.8 Å². The lowest BCUT2D eigenvalue weighted by Gasteiger charge is -2.08. The predicted octanol–water partition coefficient (Wildman–Crippen LogP) is 1.02. The molecule has 1 N–H and O–H groups in total. The number of hydrogen-bond acceptors (Lipinski definition) is 3. The summed E-state index contributed by atoms with van der Waals surface area (Å²) < 4.78 is 5.04. The first kappa shape index (κ1) is 10.7. The van der Waals surface area contributed by atoms with Crippen LogP contribution < -0.4 is 10.1 Å². The van der Waals surface area contributed by atoms with Gasteiger partial charge in [0.1, 0.15) is 12.0 Å². The first-order valence-corrected chi connectivity index (χ1v) is 4.55. The Hall–Kier alpha value is -1.35. The number of likely N-dealkylation sites (N-methyl/N-ethyl adjacent to an activating group) is 1. The molecule has 0 aliphatic heterocycles. The highest BCUT2D eigenvalue weighted by Crippen LogP contribution is 2.12. The summed E-state index contributed by atoms with van der Waals surface area (Å²) in [7, 11) is 3.42. The zero-order valence-corrected chi connectivity index (χ0v) is 8.49. The first-order chi connectivity index (χ1) is 6.80. The zero-order valence-electron chi connectivity index (χ0n) is 8.49. The highest BCUT2D eigenvalue weighted by atomic mass is 16.5. The van der Waals surface area contributed by atoms with Crippen molar-refractivity contribution in [2.75, 3.05) is 14.2 Å². The van der Waals surface area contributed by atoms with Gasteiger partial charge in [-0.25, -0.2) is 0 Å². The predicted molar refractivity (Wildman–Crippen MR) is 55.6 cm³/mol. The minimum atomic E-state index is -0.108. The Balaban J connectivity index is 2.63. The summed E-state index contributed by atoms with van der Waals surface area (Å²) in [6.45, 7) is 0. The van der Waals surface area contributed by atoms with E-state index in [0.717, 1.165) is 17.6 Å². The number of rotatable bonds is 5. The van der Waals surface area contributed by atoms with Gasteiger partial charge in [0.05, 0.1) is 13.2 Å². The highest BCUT2D eigenvalue weighted by Gasteiger charge is 2.04.